The van der Waals surface area contributed by atoms with Crippen molar-refractivity contribution >= 4 is 15.8 Å². The SMILES string of the molecule is CCS(=O)(=O)CCCC(C)C(C)C(=O)O. The third-order valence-corrected chi connectivity index (χ3v) is 4.59. The highest BCUT2D eigenvalue weighted by Gasteiger charge is 2.19. The van der Waals surface area contributed by atoms with Gasteiger partial charge in [0.25, 0.3) is 0 Å². The van der Waals surface area contributed by atoms with E-state index >= 15 is 0 Å². The maximum Gasteiger partial charge on any atom is 0.306 e. The number of hydrogen-bond acceptors (Lipinski definition) is 3. The zero-order valence-electron chi connectivity index (χ0n) is 9.56. The number of carboxylic acids is 1. The second-order valence-electron chi connectivity index (χ2n) is 3.98. The predicted octanol–water partition coefficient (Wildman–Crippen LogP) is 1.56. The molecule has 0 radical (unpaired) electrons. The van der Waals surface area contributed by atoms with Crippen LogP contribution in [0.1, 0.15) is 33.6 Å². The topological polar surface area (TPSA) is 71.4 Å². The first kappa shape index (κ1) is 14.4. The van der Waals surface area contributed by atoms with E-state index in [1.54, 1.807) is 13.8 Å². The highest BCUT2D eigenvalue weighted by molar-refractivity contribution is 7.91. The van der Waals surface area contributed by atoms with E-state index in [1.165, 1.54) is 0 Å². The van der Waals surface area contributed by atoms with Crippen molar-refractivity contribution in [2.75, 3.05) is 11.5 Å². The van der Waals surface area contributed by atoms with Gasteiger partial charge in [0.1, 0.15) is 9.84 Å². The minimum Gasteiger partial charge on any atom is -0.481 e. The van der Waals surface area contributed by atoms with Crippen LogP contribution >= 0.6 is 0 Å². The third kappa shape index (κ3) is 5.77. The molecule has 2 unspecified atom stereocenters. The summed E-state index contributed by atoms with van der Waals surface area (Å²) in [6, 6.07) is 0. The van der Waals surface area contributed by atoms with E-state index in [9.17, 15) is 13.2 Å². The molecule has 0 amide bonds. The molecule has 0 saturated carbocycles. The molecule has 0 aliphatic heterocycles. The Kier molecular flexibility index (Phi) is 5.87. The molecular formula is C10H20O4S. The molecule has 0 fully saturated rings. The minimum absolute atomic E-state index is 0.0227. The number of hydrogen-bond donors (Lipinski definition) is 1. The Bertz CT molecular complexity index is 295. The Morgan fingerprint density at radius 3 is 2.27 bits per heavy atom. The van der Waals surface area contributed by atoms with Crippen LogP contribution in [0.4, 0.5) is 0 Å². The molecule has 0 aromatic rings. The van der Waals surface area contributed by atoms with Crippen molar-refractivity contribution in [2.24, 2.45) is 11.8 Å². The summed E-state index contributed by atoms with van der Waals surface area (Å²) >= 11 is 0. The lowest BCUT2D eigenvalue weighted by atomic mass is 9.92. The van der Waals surface area contributed by atoms with Gasteiger partial charge < -0.3 is 5.11 Å². The Labute approximate surface area is 91.6 Å². The second kappa shape index (κ2) is 6.10. The van der Waals surface area contributed by atoms with Crippen molar-refractivity contribution in [1.29, 1.82) is 0 Å². The summed E-state index contributed by atoms with van der Waals surface area (Å²) in [5.41, 5.74) is 0. The molecule has 0 aromatic heterocycles. The molecule has 0 bridgehead atoms. The van der Waals surface area contributed by atoms with Crippen molar-refractivity contribution in [2.45, 2.75) is 33.6 Å². The number of aliphatic carboxylic acids is 1. The van der Waals surface area contributed by atoms with Crippen LogP contribution in [0.25, 0.3) is 0 Å². The Balaban J connectivity index is 3.93. The largest absolute Gasteiger partial charge is 0.481 e. The van der Waals surface area contributed by atoms with Gasteiger partial charge in [-0.2, -0.15) is 0 Å². The normalized spacial score (nSPS) is 15.9. The molecule has 4 nitrogen and oxygen atoms in total. The van der Waals surface area contributed by atoms with Crippen LogP contribution in [-0.4, -0.2) is 31.0 Å². The van der Waals surface area contributed by atoms with Crippen molar-refractivity contribution in [3.8, 4) is 0 Å². The van der Waals surface area contributed by atoms with E-state index in [-0.39, 0.29) is 17.4 Å². The van der Waals surface area contributed by atoms with Crippen LogP contribution in [0.3, 0.4) is 0 Å². The van der Waals surface area contributed by atoms with Crippen LogP contribution in [0, 0.1) is 11.8 Å². The number of carboxylic acid groups (broad SMARTS) is 1. The molecular weight excluding hydrogens is 216 g/mol. The van der Waals surface area contributed by atoms with E-state index in [2.05, 4.69) is 0 Å². The molecule has 0 aromatic carbocycles. The first-order chi connectivity index (χ1) is 6.80. The fourth-order valence-corrected chi connectivity index (χ4v) is 2.16. The summed E-state index contributed by atoms with van der Waals surface area (Å²) in [6.45, 7) is 5.12. The van der Waals surface area contributed by atoms with Crippen LogP contribution in [0.5, 0.6) is 0 Å². The van der Waals surface area contributed by atoms with Gasteiger partial charge in [-0.15, -0.1) is 0 Å². The molecule has 0 spiro atoms. The van der Waals surface area contributed by atoms with E-state index in [1.807, 2.05) is 6.92 Å². The molecule has 5 heteroatoms. The standard InChI is InChI=1S/C10H20O4S/c1-4-15(13,14)7-5-6-8(2)9(3)10(11)12/h8-9H,4-7H2,1-3H3,(H,11,12). The third-order valence-electron chi connectivity index (χ3n) is 2.80. The summed E-state index contributed by atoms with van der Waals surface area (Å²) in [4.78, 5) is 10.6. The van der Waals surface area contributed by atoms with Gasteiger partial charge in [-0.3, -0.25) is 4.79 Å². The quantitative estimate of drug-likeness (QED) is 0.728. The molecule has 0 saturated heterocycles. The molecule has 90 valence electrons. The van der Waals surface area contributed by atoms with Gasteiger partial charge in [-0.05, 0) is 18.8 Å². The average Bonchev–Trinajstić information content (AvgIpc) is 2.16. The van der Waals surface area contributed by atoms with Gasteiger partial charge in [0.2, 0.25) is 0 Å². The highest BCUT2D eigenvalue weighted by atomic mass is 32.2. The van der Waals surface area contributed by atoms with E-state index < -0.39 is 21.7 Å². The lowest BCUT2D eigenvalue weighted by molar-refractivity contribution is -0.142. The van der Waals surface area contributed by atoms with Gasteiger partial charge in [0.15, 0.2) is 0 Å². The fourth-order valence-electron chi connectivity index (χ4n) is 1.26. The van der Waals surface area contributed by atoms with Crippen LogP contribution in [0.15, 0.2) is 0 Å². The smallest absolute Gasteiger partial charge is 0.306 e. The van der Waals surface area contributed by atoms with Gasteiger partial charge in [0.05, 0.1) is 11.7 Å². The molecule has 2 atom stereocenters. The molecule has 1 N–H and O–H groups in total. The Hall–Kier alpha value is -0.580. The first-order valence-electron chi connectivity index (χ1n) is 5.23. The molecule has 0 aliphatic carbocycles. The van der Waals surface area contributed by atoms with Crippen molar-refractivity contribution in [3.05, 3.63) is 0 Å². The lowest BCUT2D eigenvalue weighted by Crippen LogP contribution is -2.19. The fraction of sp³-hybridized carbons (Fsp3) is 0.900. The van der Waals surface area contributed by atoms with Gasteiger partial charge in [0, 0.05) is 5.75 Å². The van der Waals surface area contributed by atoms with Crippen molar-refractivity contribution < 1.29 is 18.3 Å². The van der Waals surface area contributed by atoms with Gasteiger partial charge in [-0.1, -0.05) is 20.8 Å². The zero-order chi connectivity index (χ0) is 12.1. The minimum atomic E-state index is -2.91. The monoisotopic (exact) mass is 236 g/mol. The first-order valence-corrected chi connectivity index (χ1v) is 7.05. The summed E-state index contributed by atoms with van der Waals surface area (Å²) in [6.07, 6.45) is 1.20. The average molecular weight is 236 g/mol. The van der Waals surface area contributed by atoms with E-state index in [0.717, 1.165) is 0 Å². The maximum absolute atomic E-state index is 11.2. The van der Waals surface area contributed by atoms with E-state index in [4.69, 9.17) is 5.11 Å². The molecule has 0 rings (SSSR count). The predicted molar refractivity (Wildman–Crippen MR) is 59.5 cm³/mol. The Morgan fingerprint density at radius 2 is 1.87 bits per heavy atom. The van der Waals surface area contributed by atoms with Crippen LogP contribution in [0.2, 0.25) is 0 Å². The van der Waals surface area contributed by atoms with Gasteiger partial charge >= 0.3 is 5.97 Å². The van der Waals surface area contributed by atoms with Crippen molar-refractivity contribution in [3.63, 3.8) is 0 Å². The molecule has 0 heterocycles. The van der Waals surface area contributed by atoms with Gasteiger partial charge in [-0.25, -0.2) is 8.42 Å². The maximum atomic E-state index is 11.2. The molecule has 0 aliphatic rings. The molecule has 15 heavy (non-hydrogen) atoms. The number of sulfone groups is 1. The highest BCUT2D eigenvalue weighted by Crippen LogP contribution is 2.17. The number of rotatable bonds is 7. The zero-order valence-corrected chi connectivity index (χ0v) is 10.4. The summed E-state index contributed by atoms with van der Waals surface area (Å²) < 4.78 is 22.3. The van der Waals surface area contributed by atoms with Crippen LogP contribution in [-0.2, 0) is 14.6 Å². The van der Waals surface area contributed by atoms with Crippen LogP contribution < -0.4 is 0 Å². The summed E-state index contributed by atoms with van der Waals surface area (Å²) in [7, 11) is -2.91. The number of carbonyl (C=O) groups is 1. The summed E-state index contributed by atoms with van der Waals surface area (Å²) in [5.74, 6) is -0.875. The van der Waals surface area contributed by atoms with E-state index in [0.29, 0.717) is 12.8 Å². The Morgan fingerprint density at radius 1 is 1.33 bits per heavy atom. The van der Waals surface area contributed by atoms with Crippen molar-refractivity contribution in [1.82, 2.24) is 0 Å². The second-order valence-corrected chi connectivity index (χ2v) is 6.46. The lowest BCUT2D eigenvalue weighted by Gasteiger charge is -2.15. The summed E-state index contributed by atoms with van der Waals surface area (Å²) in [5, 5.41) is 8.74.